The first-order valence-electron chi connectivity index (χ1n) is 7.26. The minimum atomic E-state index is -0.243. The molecule has 3 atom stereocenters. The highest BCUT2D eigenvalue weighted by molar-refractivity contribution is 7.99. The number of thioether (sulfide) groups is 1. The van der Waals surface area contributed by atoms with Crippen LogP contribution in [0.2, 0.25) is 0 Å². The van der Waals surface area contributed by atoms with Gasteiger partial charge in [0.1, 0.15) is 5.56 Å². The molecule has 3 aliphatic rings. The first-order chi connectivity index (χ1) is 9.72. The van der Waals surface area contributed by atoms with E-state index in [0.717, 1.165) is 23.2 Å². The molecule has 1 aromatic heterocycles. The van der Waals surface area contributed by atoms with Crippen LogP contribution >= 0.6 is 11.8 Å². The van der Waals surface area contributed by atoms with Gasteiger partial charge >= 0.3 is 0 Å². The molecule has 0 saturated heterocycles. The lowest BCUT2D eigenvalue weighted by molar-refractivity contribution is 0.0920. The van der Waals surface area contributed by atoms with E-state index in [1.54, 1.807) is 16.3 Å². The van der Waals surface area contributed by atoms with Crippen molar-refractivity contribution in [2.75, 3.05) is 5.75 Å². The van der Waals surface area contributed by atoms with E-state index in [-0.39, 0.29) is 23.1 Å². The highest BCUT2D eigenvalue weighted by Crippen LogP contribution is 2.44. The van der Waals surface area contributed by atoms with Gasteiger partial charge in [-0.3, -0.25) is 14.2 Å². The Balaban J connectivity index is 1.56. The molecule has 5 nitrogen and oxygen atoms in total. The second kappa shape index (κ2) is 4.62. The number of hydrogen-bond acceptors (Lipinski definition) is 4. The Morgan fingerprint density at radius 2 is 2.30 bits per heavy atom. The Labute approximate surface area is 121 Å². The van der Waals surface area contributed by atoms with E-state index in [1.165, 1.54) is 25.5 Å². The van der Waals surface area contributed by atoms with Crippen molar-refractivity contribution < 1.29 is 4.79 Å². The summed E-state index contributed by atoms with van der Waals surface area (Å²) in [5.41, 5.74) is -0.000296. The number of fused-ring (bicyclic) bond motifs is 3. The average Bonchev–Trinajstić information content (AvgIpc) is 3.14. The Hall–Kier alpha value is -1.30. The molecule has 2 heterocycles. The summed E-state index contributed by atoms with van der Waals surface area (Å²) in [7, 11) is 0. The number of carbonyl (C=O) groups excluding carboxylic acids is 1. The maximum absolute atomic E-state index is 12.3. The minimum Gasteiger partial charge on any atom is -0.349 e. The van der Waals surface area contributed by atoms with Crippen LogP contribution in [-0.4, -0.2) is 27.3 Å². The van der Waals surface area contributed by atoms with Crippen LogP contribution in [0.15, 0.2) is 16.1 Å². The lowest BCUT2D eigenvalue weighted by Crippen LogP contribution is -2.41. The Kier molecular flexibility index (Phi) is 2.87. The molecule has 2 bridgehead atoms. The van der Waals surface area contributed by atoms with E-state index in [4.69, 9.17) is 0 Å². The number of aromatic nitrogens is 2. The summed E-state index contributed by atoms with van der Waals surface area (Å²) in [4.78, 5) is 28.8. The van der Waals surface area contributed by atoms with Crippen LogP contribution in [0.1, 0.15) is 36.0 Å². The molecule has 1 aromatic rings. The fourth-order valence-corrected chi connectivity index (χ4v) is 4.75. The van der Waals surface area contributed by atoms with Crippen molar-refractivity contribution in [1.82, 2.24) is 14.9 Å². The Morgan fingerprint density at radius 1 is 1.40 bits per heavy atom. The highest BCUT2D eigenvalue weighted by Gasteiger charge is 2.40. The maximum Gasteiger partial charge on any atom is 0.267 e. The lowest BCUT2D eigenvalue weighted by Gasteiger charge is -2.22. The predicted octanol–water partition coefficient (Wildman–Crippen LogP) is 1.27. The third-order valence-corrected chi connectivity index (χ3v) is 5.83. The van der Waals surface area contributed by atoms with Gasteiger partial charge in [0.2, 0.25) is 0 Å². The van der Waals surface area contributed by atoms with Crippen molar-refractivity contribution in [2.45, 2.75) is 43.4 Å². The molecule has 2 aliphatic carbocycles. The van der Waals surface area contributed by atoms with Crippen molar-refractivity contribution in [3.63, 3.8) is 0 Å². The maximum atomic E-state index is 12.3. The molecule has 106 valence electrons. The van der Waals surface area contributed by atoms with Crippen molar-refractivity contribution in [3.8, 4) is 0 Å². The molecule has 1 aliphatic heterocycles. The van der Waals surface area contributed by atoms with Crippen LogP contribution in [0, 0.1) is 11.8 Å². The van der Waals surface area contributed by atoms with Gasteiger partial charge in [0, 0.05) is 24.5 Å². The highest BCUT2D eigenvalue weighted by atomic mass is 32.2. The van der Waals surface area contributed by atoms with E-state index < -0.39 is 0 Å². The molecule has 0 spiro atoms. The molecule has 6 heteroatoms. The first-order valence-corrected chi connectivity index (χ1v) is 8.24. The topological polar surface area (TPSA) is 64.0 Å². The molecule has 20 heavy (non-hydrogen) atoms. The van der Waals surface area contributed by atoms with E-state index >= 15 is 0 Å². The molecular formula is C14H17N3O2S. The Bertz CT molecular complexity index is 627. The van der Waals surface area contributed by atoms with Gasteiger partial charge < -0.3 is 5.32 Å². The predicted molar refractivity (Wildman–Crippen MR) is 75.9 cm³/mol. The largest absolute Gasteiger partial charge is 0.349 e. The minimum absolute atomic E-state index is 0.194. The normalized spacial score (nSPS) is 30.5. The number of rotatable bonds is 2. The zero-order chi connectivity index (χ0) is 13.7. The monoisotopic (exact) mass is 291 g/mol. The lowest BCUT2D eigenvalue weighted by atomic mass is 9.95. The molecule has 4 rings (SSSR count). The number of nitrogens with zero attached hydrogens (tertiary/aromatic N) is 2. The molecule has 0 radical (unpaired) electrons. The number of carbonyl (C=O) groups is 1. The van der Waals surface area contributed by atoms with E-state index in [9.17, 15) is 9.59 Å². The van der Waals surface area contributed by atoms with Gasteiger partial charge in [-0.25, -0.2) is 4.98 Å². The fourth-order valence-electron chi connectivity index (χ4n) is 3.84. The second-order valence-electron chi connectivity index (χ2n) is 6.01. The van der Waals surface area contributed by atoms with E-state index in [2.05, 4.69) is 10.3 Å². The van der Waals surface area contributed by atoms with Crippen LogP contribution in [-0.2, 0) is 6.54 Å². The van der Waals surface area contributed by atoms with E-state index in [0.29, 0.717) is 12.5 Å². The average molecular weight is 291 g/mol. The van der Waals surface area contributed by atoms with Crippen molar-refractivity contribution >= 4 is 17.7 Å². The SMILES string of the molecule is O=C(NC1CC2CCC1C2)c1cnc2n(c1=O)CCS2. The molecule has 1 amide bonds. The van der Waals surface area contributed by atoms with Gasteiger partial charge in [0.25, 0.3) is 11.5 Å². The summed E-state index contributed by atoms with van der Waals surface area (Å²) in [5, 5.41) is 3.79. The van der Waals surface area contributed by atoms with Crippen LogP contribution < -0.4 is 10.9 Å². The summed E-state index contributed by atoms with van der Waals surface area (Å²) in [5.74, 6) is 2.01. The van der Waals surface area contributed by atoms with Crippen molar-refractivity contribution in [1.29, 1.82) is 0 Å². The van der Waals surface area contributed by atoms with Gasteiger partial charge in [-0.15, -0.1) is 0 Å². The molecule has 2 fully saturated rings. The first kappa shape index (κ1) is 12.4. The third-order valence-electron chi connectivity index (χ3n) is 4.86. The van der Waals surface area contributed by atoms with E-state index in [1.807, 2.05) is 0 Å². The van der Waals surface area contributed by atoms with Gasteiger partial charge in [0.15, 0.2) is 5.16 Å². The molecular weight excluding hydrogens is 274 g/mol. The second-order valence-corrected chi connectivity index (χ2v) is 7.08. The number of hydrogen-bond donors (Lipinski definition) is 1. The number of amides is 1. The smallest absolute Gasteiger partial charge is 0.267 e. The molecule has 0 aromatic carbocycles. The van der Waals surface area contributed by atoms with Crippen molar-refractivity contribution in [2.24, 2.45) is 11.8 Å². The van der Waals surface area contributed by atoms with Crippen LogP contribution in [0.3, 0.4) is 0 Å². The summed E-state index contributed by atoms with van der Waals surface area (Å²) in [6, 6.07) is 0.258. The molecule has 3 unspecified atom stereocenters. The van der Waals surface area contributed by atoms with Gasteiger partial charge in [0.05, 0.1) is 0 Å². The molecule has 2 saturated carbocycles. The summed E-state index contributed by atoms with van der Waals surface area (Å²) >= 11 is 1.57. The van der Waals surface area contributed by atoms with Crippen LogP contribution in [0.25, 0.3) is 0 Å². The number of nitrogens with one attached hydrogen (secondary N) is 1. The summed E-state index contributed by atoms with van der Waals surface area (Å²) in [6.45, 7) is 0.654. The van der Waals surface area contributed by atoms with Gasteiger partial charge in [-0.2, -0.15) is 0 Å². The fraction of sp³-hybridized carbons (Fsp3) is 0.643. The van der Waals surface area contributed by atoms with Gasteiger partial charge in [-0.05, 0) is 31.1 Å². The third kappa shape index (κ3) is 1.89. The van der Waals surface area contributed by atoms with Crippen molar-refractivity contribution in [3.05, 3.63) is 22.1 Å². The summed E-state index contributed by atoms with van der Waals surface area (Å²) < 4.78 is 1.61. The quantitative estimate of drug-likeness (QED) is 0.833. The standard InChI is InChI=1S/C14H17N3O2S/c18-12(16-11-6-8-1-2-9(11)5-8)10-7-15-14-17(13(10)19)3-4-20-14/h7-9,11H,1-6H2,(H,16,18). The Morgan fingerprint density at radius 3 is 3.05 bits per heavy atom. The summed E-state index contributed by atoms with van der Waals surface area (Å²) in [6.07, 6.45) is 6.27. The zero-order valence-electron chi connectivity index (χ0n) is 11.2. The van der Waals surface area contributed by atoms with Crippen LogP contribution in [0.5, 0.6) is 0 Å². The zero-order valence-corrected chi connectivity index (χ0v) is 12.0. The van der Waals surface area contributed by atoms with Crippen LogP contribution in [0.4, 0.5) is 0 Å². The van der Waals surface area contributed by atoms with Gasteiger partial charge in [-0.1, -0.05) is 18.2 Å². The molecule has 1 N–H and O–H groups in total.